The number of amides is 1. The van der Waals surface area contributed by atoms with Crippen molar-refractivity contribution in [1.29, 1.82) is 0 Å². The molecule has 4 heteroatoms. The van der Waals surface area contributed by atoms with Crippen molar-refractivity contribution in [2.24, 2.45) is 0 Å². The van der Waals surface area contributed by atoms with E-state index in [1.807, 2.05) is 39.0 Å². The van der Waals surface area contributed by atoms with E-state index in [2.05, 4.69) is 10.6 Å². The van der Waals surface area contributed by atoms with Gasteiger partial charge in [0.2, 0.25) is 5.91 Å². The van der Waals surface area contributed by atoms with E-state index in [1.54, 1.807) is 14.2 Å². The molecule has 0 aliphatic rings. The molecule has 0 atom stereocenters. The van der Waals surface area contributed by atoms with Gasteiger partial charge < -0.3 is 15.4 Å². The molecule has 1 aromatic carbocycles. The van der Waals surface area contributed by atoms with Crippen LogP contribution in [-0.4, -0.2) is 25.6 Å². The van der Waals surface area contributed by atoms with Crippen molar-refractivity contribution in [2.75, 3.05) is 19.5 Å². The van der Waals surface area contributed by atoms with Crippen LogP contribution in [0.2, 0.25) is 0 Å². The maximum atomic E-state index is 11.9. The van der Waals surface area contributed by atoms with Gasteiger partial charge in [0.1, 0.15) is 5.75 Å². The third kappa shape index (κ3) is 3.20. The van der Waals surface area contributed by atoms with Crippen LogP contribution in [0.3, 0.4) is 0 Å². The van der Waals surface area contributed by atoms with Crippen molar-refractivity contribution in [3.63, 3.8) is 0 Å². The Hall–Kier alpha value is -1.55. The van der Waals surface area contributed by atoms with E-state index in [1.165, 1.54) is 0 Å². The second kappa shape index (κ2) is 5.19. The van der Waals surface area contributed by atoms with Gasteiger partial charge in [-0.3, -0.25) is 4.79 Å². The highest BCUT2D eigenvalue weighted by Gasteiger charge is 2.25. The van der Waals surface area contributed by atoms with Crippen LogP contribution in [0.15, 0.2) is 18.2 Å². The first-order chi connectivity index (χ1) is 7.90. The molecule has 1 amide bonds. The van der Waals surface area contributed by atoms with Crippen LogP contribution in [0, 0.1) is 6.92 Å². The van der Waals surface area contributed by atoms with Gasteiger partial charge in [-0.05, 0) is 51.6 Å². The van der Waals surface area contributed by atoms with Crippen LogP contribution in [0.25, 0.3) is 0 Å². The third-order valence-corrected chi connectivity index (χ3v) is 2.85. The number of methoxy groups -OCH3 is 1. The maximum Gasteiger partial charge on any atom is 0.244 e. The summed E-state index contributed by atoms with van der Waals surface area (Å²) < 4.78 is 5.17. The molecule has 0 unspecified atom stereocenters. The van der Waals surface area contributed by atoms with Crippen molar-refractivity contribution in [3.05, 3.63) is 23.8 Å². The van der Waals surface area contributed by atoms with Crippen LogP contribution in [0.5, 0.6) is 5.75 Å². The first kappa shape index (κ1) is 13.5. The highest BCUT2D eigenvalue weighted by atomic mass is 16.5. The molecule has 0 aliphatic heterocycles. The predicted octanol–water partition coefficient (Wildman–Crippen LogP) is 1.94. The van der Waals surface area contributed by atoms with Gasteiger partial charge in [0, 0.05) is 5.69 Å². The minimum absolute atomic E-state index is 0.0652. The van der Waals surface area contributed by atoms with E-state index in [4.69, 9.17) is 4.74 Å². The summed E-state index contributed by atoms with van der Waals surface area (Å²) in [6.45, 7) is 5.61. The Morgan fingerprint density at radius 2 is 2.00 bits per heavy atom. The average Bonchev–Trinajstić information content (AvgIpc) is 2.29. The Bertz CT molecular complexity index is 414. The number of hydrogen-bond donors (Lipinski definition) is 2. The van der Waals surface area contributed by atoms with Crippen LogP contribution >= 0.6 is 0 Å². The van der Waals surface area contributed by atoms with Crippen LogP contribution in [-0.2, 0) is 4.79 Å². The van der Waals surface area contributed by atoms with E-state index in [0.717, 1.165) is 17.0 Å². The zero-order chi connectivity index (χ0) is 13.1. The molecule has 17 heavy (non-hydrogen) atoms. The highest BCUT2D eigenvalue weighted by Crippen LogP contribution is 2.21. The van der Waals surface area contributed by atoms with Crippen molar-refractivity contribution >= 4 is 11.6 Å². The van der Waals surface area contributed by atoms with E-state index in [0.29, 0.717) is 0 Å². The number of likely N-dealkylation sites (N-methyl/N-ethyl adjacent to an activating group) is 1. The fourth-order valence-corrected chi connectivity index (χ4v) is 1.36. The van der Waals surface area contributed by atoms with E-state index in [-0.39, 0.29) is 5.91 Å². The normalized spacial score (nSPS) is 11.1. The SMILES string of the molecule is CNC(C)(C)C(=O)Nc1ccc(OC)c(C)c1. The number of carbonyl (C=O) groups excluding carboxylic acids is 1. The maximum absolute atomic E-state index is 11.9. The molecule has 1 aromatic rings. The molecule has 0 aromatic heterocycles. The minimum atomic E-state index is -0.589. The molecule has 0 saturated heterocycles. The minimum Gasteiger partial charge on any atom is -0.496 e. The van der Waals surface area contributed by atoms with Crippen LogP contribution < -0.4 is 15.4 Å². The van der Waals surface area contributed by atoms with Gasteiger partial charge in [0.15, 0.2) is 0 Å². The Kier molecular flexibility index (Phi) is 4.12. The smallest absolute Gasteiger partial charge is 0.244 e. The molecular weight excluding hydrogens is 216 g/mol. The molecule has 94 valence electrons. The number of anilines is 1. The van der Waals surface area contributed by atoms with Crippen molar-refractivity contribution in [3.8, 4) is 5.75 Å². The molecule has 0 heterocycles. The summed E-state index contributed by atoms with van der Waals surface area (Å²) in [6, 6.07) is 5.56. The fourth-order valence-electron chi connectivity index (χ4n) is 1.36. The molecule has 0 aliphatic carbocycles. The summed E-state index contributed by atoms with van der Waals surface area (Å²) in [7, 11) is 3.39. The quantitative estimate of drug-likeness (QED) is 0.840. The Balaban J connectivity index is 2.83. The van der Waals surface area contributed by atoms with E-state index >= 15 is 0 Å². The number of benzene rings is 1. The van der Waals surface area contributed by atoms with Gasteiger partial charge >= 0.3 is 0 Å². The van der Waals surface area contributed by atoms with Gasteiger partial charge in [-0.1, -0.05) is 0 Å². The molecule has 0 bridgehead atoms. The van der Waals surface area contributed by atoms with Gasteiger partial charge in [0.05, 0.1) is 12.6 Å². The topological polar surface area (TPSA) is 50.4 Å². The third-order valence-electron chi connectivity index (χ3n) is 2.85. The second-order valence-electron chi connectivity index (χ2n) is 4.51. The second-order valence-corrected chi connectivity index (χ2v) is 4.51. The molecule has 4 nitrogen and oxygen atoms in total. The summed E-state index contributed by atoms with van der Waals surface area (Å²) in [6.07, 6.45) is 0. The molecule has 0 saturated carbocycles. The lowest BCUT2D eigenvalue weighted by Crippen LogP contribution is -2.47. The summed E-state index contributed by atoms with van der Waals surface area (Å²) in [4.78, 5) is 11.9. The fraction of sp³-hybridized carbons (Fsp3) is 0.462. The van der Waals surface area contributed by atoms with Gasteiger partial charge in [0.25, 0.3) is 0 Å². The van der Waals surface area contributed by atoms with Crippen molar-refractivity contribution in [1.82, 2.24) is 5.32 Å². The first-order valence-corrected chi connectivity index (χ1v) is 5.55. The summed E-state index contributed by atoms with van der Waals surface area (Å²) in [5.41, 5.74) is 1.18. The lowest BCUT2D eigenvalue weighted by Gasteiger charge is -2.23. The summed E-state index contributed by atoms with van der Waals surface area (Å²) in [5, 5.41) is 5.83. The number of carbonyl (C=O) groups is 1. The molecule has 0 spiro atoms. The standard InChI is InChI=1S/C13H20N2O2/c1-9-8-10(6-7-11(9)17-5)15-12(16)13(2,3)14-4/h6-8,14H,1-5H3,(H,15,16). The number of nitrogens with one attached hydrogen (secondary N) is 2. The molecular formula is C13H20N2O2. The zero-order valence-corrected chi connectivity index (χ0v) is 11.0. The Morgan fingerprint density at radius 1 is 1.35 bits per heavy atom. The molecule has 2 N–H and O–H groups in total. The molecule has 0 fully saturated rings. The van der Waals surface area contributed by atoms with Gasteiger partial charge in [-0.2, -0.15) is 0 Å². The summed E-state index contributed by atoms with van der Waals surface area (Å²) in [5.74, 6) is 0.750. The number of hydrogen-bond acceptors (Lipinski definition) is 3. The first-order valence-electron chi connectivity index (χ1n) is 5.55. The number of rotatable bonds is 4. The number of ether oxygens (including phenoxy) is 1. The van der Waals surface area contributed by atoms with Crippen LogP contribution in [0.1, 0.15) is 19.4 Å². The largest absolute Gasteiger partial charge is 0.496 e. The van der Waals surface area contributed by atoms with E-state index in [9.17, 15) is 4.79 Å². The average molecular weight is 236 g/mol. The Morgan fingerprint density at radius 3 is 2.47 bits per heavy atom. The Labute approximate surface area is 102 Å². The lowest BCUT2D eigenvalue weighted by atomic mass is 10.0. The van der Waals surface area contributed by atoms with Crippen LogP contribution in [0.4, 0.5) is 5.69 Å². The van der Waals surface area contributed by atoms with Gasteiger partial charge in [-0.15, -0.1) is 0 Å². The zero-order valence-electron chi connectivity index (χ0n) is 11.0. The van der Waals surface area contributed by atoms with E-state index < -0.39 is 5.54 Å². The van der Waals surface area contributed by atoms with Crippen molar-refractivity contribution in [2.45, 2.75) is 26.3 Å². The van der Waals surface area contributed by atoms with Gasteiger partial charge in [-0.25, -0.2) is 0 Å². The summed E-state index contributed by atoms with van der Waals surface area (Å²) >= 11 is 0. The lowest BCUT2D eigenvalue weighted by molar-refractivity contribution is -0.121. The molecule has 1 rings (SSSR count). The predicted molar refractivity (Wildman–Crippen MR) is 69.5 cm³/mol. The monoisotopic (exact) mass is 236 g/mol. The highest BCUT2D eigenvalue weighted by molar-refractivity contribution is 5.97. The van der Waals surface area contributed by atoms with Crippen molar-refractivity contribution < 1.29 is 9.53 Å². The number of aryl methyl sites for hydroxylation is 1. The molecule has 0 radical (unpaired) electrons.